The quantitative estimate of drug-likeness (QED) is 0.770. The van der Waals surface area contributed by atoms with Gasteiger partial charge in [0.2, 0.25) is 5.43 Å². The number of rotatable bonds is 2. The third kappa shape index (κ3) is 1.43. The lowest BCUT2D eigenvalue weighted by Gasteiger charge is -1.99. The number of methoxy groups -OCH3 is 1. The van der Waals surface area contributed by atoms with Gasteiger partial charge in [0.25, 0.3) is 0 Å². The van der Waals surface area contributed by atoms with Crippen molar-refractivity contribution in [2.75, 3.05) is 7.11 Å². The molecule has 7 nitrogen and oxygen atoms in total. The SMILES string of the molecule is COc1c(C(=O)O)cn2[nH]cc(C#N)c(=O)c12. The fourth-order valence-corrected chi connectivity index (χ4v) is 1.57. The number of hydrogen-bond donors (Lipinski definition) is 2. The highest BCUT2D eigenvalue weighted by molar-refractivity contribution is 5.94. The number of hydrogen-bond acceptors (Lipinski definition) is 4. The topological polar surface area (TPSA) is 108 Å². The fourth-order valence-electron chi connectivity index (χ4n) is 1.57. The number of aromatic carboxylic acids is 1. The smallest absolute Gasteiger partial charge is 0.341 e. The Balaban J connectivity index is 2.96. The second-order valence-corrected chi connectivity index (χ2v) is 3.23. The molecule has 0 saturated carbocycles. The Morgan fingerprint density at radius 2 is 2.35 bits per heavy atom. The Bertz CT molecular complexity index is 705. The van der Waals surface area contributed by atoms with E-state index in [1.54, 1.807) is 6.07 Å². The summed E-state index contributed by atoms with van der Waals surface area (Å²) in [7, 11) is 1.26. The molecular formula is C10H7N3O4. The normalized spacial score (nSPS) is 10.1. The minimum Gasteiger partial charge on any atom is -0.493 e. The van der Waals surface area contributed by atoms with Gasteiger partial charge >= 0.3 is 5.97 Å². The van der Waals surface area contributed by atoms with E-state index in [2.05, 4.69) is 5.10 Å². The van der Waals surface area contributed by atoms with E-state index in [4.69, 9.17) is 15.1 Å². The van der Waals surface area contributed by atoms with Gasteiger partial charge < -0.3 is 9.84 Å². The van der Waals surface area contributed by atoms with Gasteiger partial charge in [-0.2, -0.15) is 5.26 Å². The van der Waals surface area contributed by atoms with Gasteiger partial charge in [-0.1, -0.05) is 0 Å². The van der Waals surface area contributed by atoms with Gasteiger partial charge in [-0.3, -0.25) is 14.4 Å². The molecule has 2 aromatic rings. The van der Waals surface area contributed by atoms with Gasteiger partial charge in [-0.15, -0.1) is 0 Å². The summed E-state index contributed by atoms with van der Waals surface area (Å²) >= 11 is 0. The van der Waals surface area contributed by atoms with Crippen LogP contribution in [0.5, 0.6) is 5.75 Å². The zero-order valence-electron chi connectivity index (χ0n) is 8.72. The van der Waals surface area contributed by atoms with Crippen LogP contribution >= 0.6 is 0 Å². The van der Waals surface area contributed by atoms with Crippen LogP contribution in [0.3, 0.4) is 0 Å². The zero-order valence-corrected chi connectivity index (χ0v) is 8.72. The number of aromatic amines is 1. The van der Waals surface area contributed by atoms with Gasteiger partial charge in [-0.25, -0.2) is 4.79 Å². The van der Waals surface area contributed by atoms with Crippen LogP contribution in [0.2, 0.25) is 0 Å². The van der Waals surface area contributed by atoms with Gasteiger partial charge in [0.15, 0.2) is 11.3 Å². The highest BCUT2D eigenvalue weighted by Crippen LogP contribution is 2.23. The van der Waals surface area contributed by atoms with Crippen LogP contribution in [0, 0.1) is 11.3 Å². The van der Waals surface area contributed by atoms with Crippen molar-refractivity contribution in [2.45, 2.75) is 0 Å². The van der Waals surface area contributed by atoms with E-state index in [0.717, 1.165) is 0 Å². The van der Waals surface area contributed by atoms with Crippen LogP contribution < -0.4 is 10.2 Å². The van der Waals surface area contributed by atoms with Crippen molar-refractivity contribution in [2.24, 2.45) is 0 Å². The Labute approximate surface area is 94.5 Å². The van der Waals surface area contributed by atoms with E-state index in [9.17, 15) is 9.59 Å². The summed E-state index contributed by atoms with van der Waals surface area (Å²) in [6, 6.07) is 1.72. The number of H-pyrrole nitrogens is 1. The minimum atomic E-state index is -1.21. The second-order valence-electron chi connectivity index (χ2n) is 3.23. The minimum absolute atomic E-state index is 0.00366. The Morgan fingerprint density at radius 3 is 2.88 bits per heavy atom. The fraction of sp³-hybridized carbons (Fsp3) is 0.100. The van der Waals surface area contributed by atoms with Crippen molar-refractivity contribution >= 4 is 11.5 Å². The molecule has 0 aliphatic rings. The number of nitriles is 1. The van der Waals surface area contributed by atoms with E-state index in [-0.39, 0.29) is 22.4 Å². The maximum atomic E-state index is 11.8. The molecule has 0 radical (unpaired) electrons. The highest BCUT2D eigenvalue weighted by Gasteiger charge is 2.20. The number of fused-ring (bicyclic) bond motifs is 1. The van der Waals surface area contributed by atoms with Crippen LogP contribution in [0.1, 0.15) is 15.9 Å². The monoisotopic (exact) mass is 233 g/mol. The molecule has 0 unspecified atom stereocenters. The summed E-state index contributed by atoms with van der Waals surface area (Å²) in [4.78, 5) is 22.8. The van der Waals surface area contributed by atoms with Crippen LogP contribution in [0.4, 0.5) is 0 Å². The van der Waals surface area contributed by atoms with E-state index in [1.165, 1.54) is 24.0 Å². The molecule has 0 bridgehead atoms. The molecule has 7 heteroatoms. The van der Waals surface area contributed by atoms with Gasteiger partial charge in [0, 0.05) is 12.4 Å². The first-order valence-corrected chi connectivity index (χ1v) is 4.54. The summed E-state index contributed by atoms with van der Waals surface area (Å²) in [5, 5.41) is 20.3. The number of aromatic nitrogens is 2. The number of carbonyl (C=O) groups is 1. The van der Waals surface area contributed by atoms with Gasteiger partial charge in [0.05, 0.1) is 7.11 Å². The number of carboxylic acids is 1. The molecule has 2 aromatic heterocycles. The first-order valence-electron chi connectivity index (χ1n) is 4.54. The van der Waals surface area contributed by atoms with Crippen molar-refractivity contribution in [1.29, 1.82) is 5.26 Å². The molecule has 0 aliphatic carbocycles. The zero-order chi connectivity index (χ0) is 12.6. The molecular weight excluding hydrogens is 226 g/mol. The molecule has 17 heavy (non-hydrogen) atoms. The predicted octanol–water partition coefficient (Wildman–Crippen LogP) is 0.206. The van der Waals surface area contributed by atoms with Crippen molar-refractivity contribution in [3.63, 3.8) is 0 Å². The first-order chi connectivity index (χ1) is 8.10. The number of nitrogens with one attached hydrogen (secondary N) is 1. The van der Waals surface area contributed by atoms with E-state index >= 15 is 0 Å². The average molecular weight is 233 g/mol. The molecule has 0 fully saturated rings. The lowest BCUT2D eigenvalue weighted by molar-refractivity contribution is 0.0694. The van der Waals surface area contributed by atoms with Crippen molar-refractivity contribution < 1.29 is 14.6 Å². The number of carboxylic acid groups (broad SMARTS) is 1. The van der Waals surface area contributed by atoms with Crippen molar-refractivity contribution in [3.05, 3.63) is 33.7 Å². The molecule has 2 N–H and O–H groups in total. The maximum absolute atomic E-state index is 11.8. The first kappa shape index (κ1) is 10.8. The van der Waals surface area contributed by atoms with Crippen LogP contribution in [-0.4, -0.2) is 27.8 Å². The van der Waals surface area contributed by atoms with Gasteiger partial charge in [0.1, 0.15) is 17.2 Å². The molecule has 0 aliphatic heterocycles. The summed E-state index contributed by atoms with van der Waals surface area (Å²) in [6.07, 6.45) is 2.43. The second kappa shape index (κ2) is 3.68. The maximum Gasteiger partial charge on any atom is 0.341 e. The average Bonchev–Trinajstić information content (AvgIpc) is 2.69. The molecule has 86 valence electrons. The number of ether oxygens (including phenoxy) is 1. The molecule has 2 heterocycles. The summed E-state index contributed by atoms with van der Waals surface area (Å²) < 4.78 is 6.12. The van der Waals surface area contributed by atoms with E-state index in [1.807, 2.05) is 0 Å². The summed E-state index contributed by atoms with van der Waals surface area (Å²) in [6.45, 7) is 0. The Morgan fingerprint density at radius 1 is 1.65 bits per heavy atom. The Kier molecular flexibility index (Phi) is 2.33. The Hall–Kier alpha value is -2.75. The van der Waals surface area contributed by atoms with Crippen molar-refractivity contribution in [1.82, 2.24) is 9.61 Å². The lowest BCUT2D eigenvalue weighted by Crippen LogP contribution is -2.11. The summed E-state index contributed by atoms with van der Waals surface area (Å²) in [5.41, 5.74) is -0.818. The largest absolute Gasteiger partial charge is 0.493 e. The molecule has 0 saturated heterocycles. The van der Waals surface area contributed by atoms with E-state index < -0.39 is 11.4 Å². The van der Waals surface area contributed by atoms with Crippen LogP contribution in [-0.2, 0) is 0 Å². The predicted molar refractivity (Wildman–Crippen MR) is 56.2 cm³/mol. The number of nitrogens with zero attached hydrogens (tertiary/aromatic N) is 2. The van der Waals surface area contributed by atoms with Crippen LogP contribution in [0.15, 0.2) is 17.2 Å². The standard InChI is InChI=1S/C10H7N3O4/c1-17-9-6(10(15)16)4-13-7(9)8(14)5(2-11)3-12-13/h3-4,12H,1H3,(H,15,16). The van der Waals surface area contributed by atoms with Crippen LogP contribution in [0.25, 0.3) is 5.52 Å². The summed E-state index contributed by atoms with van der Waals surface area (Å²) in [5.74, 6) is -1.27. The highest BCUT2D eigenvalue weighted by atomic mass is 16.5. The third-order valence-electron chi connectivity index (χ3n) is 2.32. The van der Waals surface area contributed by atoms with Gasteiger partial charge in [-0.05, 0) is 0 Å². The lowest BCUT2D eigenvalue weighted by atomic mass is 10.2. The molecule has 0 spiro atoms. The van der Waals surface area contributed by atoms with Crippen molar-refractivity contribution in [3.8, 4) is 11.8 Å². The third-order valence-corrected chi connectivity index (χ3v) is 2.32. The molecule has 0 amide bonds. The molecule has 0 atom stereocenters. The molecule has 0 aromatic carbocycles. The molecule has 2 rings (SSSR count). The van der Waals surface area contributed by atoms with E-state index in [0.29, 0.717) is 0 Å².